The van der Waals surface area contributed by atoms with Crippen LogP contribution in [0.5, 0.6) is 5.75 Å². The molecule has 0 aromatic heterocycles. The smallest absolute Gasteiger partial charge is 0.317 e. The van der Waals surface area contributed by atoms with Gasteiger partial charge in [0.15, 0.2) is 0 Å². The molecule has 1 aromatic rings. The fourth-order valence-corrected chi connectivity index (χ4v) is 4.19. The number of nitrogens with zero attached hydrogens (tertiary/aromatic N) is 2. The minimum absolute atomic E-state index is 0.0118. The molecule has 3 atom stereocenters. The standard InChI is InChI=1S/C22H36N4O6S/c1-14(2)23-22(29)25(5)12-20-15(3)11-26(16(4)13-27)21(28)10-17-9-18(24-33(6,30)31)7-8-19(17)32-20/h7-9,14-16,20,24,27H,10-13H2,1-6H3,(H,23,29)/t15-,16+,20-/m1/s1. The summed E-state index contributed by atoms with van der Waals surface area (Å²) in [5.74, 6) is 0.101. The highest BCUT2D eigenvalue weighted by atomic mass is 32.2. The normalized spacial score (nSPS) is 20.1. The van der Waals surface area contributed by atoms with Crippen molar-refractivity contribution in [2.45, 2.75) is 52.3 Å². The molecule has 11 heteroatoms. The van der Waals surface area contributed by atoms with Crippen LogP contribution in [0.25, 0.3) is 0 Å². The zero-order chi connectivity index (χ0) is 24.9. The topological polar surface area (TPSA) is 128 Å². The molecule has 33 heavy (non-hydrogen) atoms. The predicted molar refractivity (Wildman–Crippen MR) is 127 cm³/mol. The number of likely N-dealkylation sites (N-methyl/N-ethyl adjacent to an activating group) is 1. The molecule has 0 spiro atoms. The molecule has 186 valence electrons. The van der Waals surface area contributed by atoms with Crippen LogP contribution in [-0.4, -0.2) is 86.4 Å². The highest BCUT2D eigenvalue weighted by Crippen LogP contribution is 2.29. The van der Waals surface area contributed by atoms with Crippen LogP contribution in [0.4, 0.5) is 10.5 Å². The van der Waals surface area contributed by atoms with E-state index < -0.39 is 22.2 Å². The maximum atomic E-state index is 13.1. The number of sulfonamides is 1. The molecule has 0 radical (unpaired) electrons. The molecule has 3 N–H and O–H groups in total. The zero-order valence-corrected chi connectivity index (χ0v) is 21.0. The van der Waals surface area contributed by atoms with Gasteiger partial charge in [-0.1, -0.05) is 6.92 Å². The Morgan fingerprint density at radius 1 is 1.33 bits per heavy atom. The van der Waals surface area contributed by atoms with E-state index in [1.54, 1.807) is 42.0 Å². The van der Waals surface area contributed by atoms with Gasteiger partial charge in [-0.15, -0.1) is 0 Å². The Hall–Kier alpha value is -2.53. The minimum Gasteiger partial charge on any atom is -0.488 e. The number of urea groups is 1. The van der Waals surface area contributed by atoms with Crippen LogP contribution in [0.15, 0.2) is 18.2 Å². The Morgan fingerprint density at radius 2 is 2.00 bits per heavy atom. The van der Waals surface area contributed by atoms with Gasteiger partial charge in [-0.25, -0.2) is 13.2 Å². The molecule has 10 nitrogen and oxygen atoms in total. The molecule has 1 aliphatic heterocycles. The number of anilines is 1. The lowest BCUT2D eigenvalue weighted by Crippen LogP contribution is -2.49. The van der Waals surface area contributed by atoms with E-state index in [0.29, 0.717) is 23.5 Å². The molecule has 1 aromatic carbocycles. The van der Waals surface area contributed by atoms with Crippen LogP contribution in [0.2, 0.25) is 0 Å². The number of hydrogen-bond acceptors (Lipinski definition) is 6. The van der Waals surface area contributed by atoms with Gasteiger partial charge in [-0.3, -0.25) is 9.52 Å². The van der Waals surface area contributed by atoms with Gasteiger partial charge in [-0.2, -0.15) is 0 Å². The Balaban J connectivity index is 2.43. The number of amides is 3. The number of rotatable bonds is 7. The van der Waals surface area contributed by atoms with E-state index in [4.69, 9.17) is 4.74 Å². The summed E-state index contributed by atoms with van der Waals surface area (Å²) in [6.07, 6.45) is 0.596. The largest absolute Gasteiger partial charge is 0.488 e. The van der Waals surface area contributed by atoms with E-state index in [-0.39, 0.29) is 43.5 Å². The molecule has 0 saturated carbocycles. The molecular formula is C22H36N4O6S. The van der Waals surface area contributed by atoms with E-state index in [1.807, 2.05) is 20.8 Å². The van der Waals surface area contributed by atoms with Gasteiger partial charge in [0.25, 0.3) is 0 Å². The minimum atomic E-state index is -3.49. The highest BCUT2D eigenvalue weighted by molar-refractivity contribution is 7.92. The van der Waals surface area contributed by atoms with Crippen molar-refractivity contribution < 1.29 is 27.9 Å². The summed E-state index contributed by atoms with van der Waals surface area (Å²) >= 11 is 0. The predicted octanol–water partition coefficient (Wildman–Crippen LogP) is 1.26. The average Bonchev–Trinajstić information content (AvgIpc) is 2.74. The van der Waals surface area contributed by atoms with Crippen molar-refractivity contribution in [2.24, 2.45) is 5.92 Å². The first kappa shape index (κ1) is 26.7. The lowest BCUT2D eigenvalue weighted by atomic mass is 10.0. The van der Waals surface area contributed by atoms with E-state index >= 15 is 0 Å². The fraction of sp³-hybridized carbons (Fsp3) is 0.636. The summed E-state index contributed by atoms with van der Waals surface area (Å²) < 4.78 is 32.0. The van der Waals surface area contributed by atoms with Crippen LogP contribution in [0.1, 0.15) is 33.3 Å². The Bertz CT molecular complexity index is 952. The summed E-state index contributed by atoms with van der Waals surface area (Å²) in [5.41, 5.74) is 0.851. The van der Waals surface area contributed by atoms with Gasteiger partial charge in [0.1, 0.15) is 11.9 Å². The molecule has 2 rings (SSSR count). The molecule has 1 aliphatic rings. The number of carbonyl (C=O) groups excluding carboxylic acids is 2. The van der Waals surface area contributed by atoms with Crippen LogP contribution < -0.4 is 14.8 Å². The summed E-state index contributed by atoms with van der Waals surface area (Å²) in [4.78, 5) is 28.7. The summed E-state index contributed by atoms with van der Waals surface area (Å²) in [7, 11) is -1.81. The van der Waals surface area contributed by atoms with Crippen LogP contribution in [0, 0.1) is 5.92 Å². The molecule has 0 fully saturated rings. The number of nitrogens with one attached hydrogen (secondary N) is 2. The second-order valence-electron chi connectivity index (χ2n) is 9.07. The fourth-order valence-electron chi connectivity index (χ4n) is 3.63. The van der Waals surface area contributed by atoms with Gasteiger partial charge >= 0.3 is 6.03 Å². The number of aliphatic hydroxyl groups excluding tert-OH is 1. The van der Waals surface area contributed by atoms with E-state index in [1.165, 1.54) is 0 Å². The molecular weight excluding hydrogens is 448 g/mol. The first-order valence-electron chi connectivity index (χ1n) is 11.0. The van der Waals surface area contributed by atoms with Crippen molar-refractivity contribution >= 4 is 27.6 Å². The average molecular weight is 485 g/mol. The number of aliphatic hydroxyl groups is 1. The lowest BCUT2D eigenvalue weighted by molar-refractivity contribution is -0.134. The summed E-state index contributed by atoms with van der Waals surface area (Å²) in [5, 5.41) is 12.5. The molecule has 0 bridgehead atoms. The molecule has 3 amide bonds. The first-order valence-corrected chi connectivity index (χ1v) is 12.9. The van der Waals surface area contributed by atoms with Crippen LogP contribution in [-0.2, 0) is 21.2 Å². The molecule has 0 saturated heterocycles. The summed E-state index contributed by atoms with van der Waals surface area (Å²) in [6.45, 7) is 7.89. The number of carbonyl (C=O) groups is 2. The third kappa shape index (κ3) is 7.78. The zero-order valence-electron chi connectivity index (χ0n) is 20.2. The van der Waals surface area contributed by atoms with Crippen LogP contribution in [0.3, 0.4) is 0 Å². The van der Waals surface area contributed by atoms with Crippen molar-refractivity contribution in [3.8, 4) is 5.75 Å². The third-order valence-electron chi connectivity index (χ3n) is 5.43. The second-order valence-corrected chi connectivity index (χ2v) is 10.8. The Labute approximate surface area is 196 Å². The van der Waals surface area contributed by atoms with Crippen molar-refractivity contribution in [3.05, 3.63) is 23.8 Å². The molecule has 0 unspecified atom stereocenters. The van der Waals surface area contributed by atoms with Gasteiger partial charge in [-0.05, 0) is 39.0 Å². The lowest BCUT2D eigenvalue weighted by Gasteiger charge is -2.34. The monoisotopic (exact) mass is 484 g/mol. The molecule has 0 aliphatic carbocycles. The quantitative estimate of drug-likeness (QED) is 0.535. The number of fused-ring (bicyclic) bond motifs is 1. The van der Waals surface area contributed by atoms with E-state index in [0.717, 1.165) is 6.26 Å². The maximum absolute atomic E-state index is 13.1. The van der Waals surface area contributed by atoms with Crippen LogP contribution >= 0.6 is 0 Å². The summed E-state index contributed by atoms with van der Waals surface area (Å²) in [6, 6.07) is 4.14. The van der Waals surface area contributed by atoms with Crippen molar-refractivity contribution in [1.82, 2.24) is 15.1 Å². The third-order valence-corrected chi connectivity index (χ3v) is 6.04. The van der Waals surface area contributed by atoms with E-state index in [9.17, 15) is 23.1 Å². The van der Waals surface area contributed by atoms with Gasteiger partial charge < -0.3 is 25.0 Å². The van der Waals surface area contributed by atoms with E-state index in [2.05, 4.69) is 10.0 Å². The number of ether oxygens (including phenoxy) is 1. The Kier molecular flexibility index (Phi) is 8.96. The van der Waals surface area contributed by atoms with Crippen molar-refractivity contribution in [1.29, 1.82) is 0 Å². The number of hydrogen-bond donors (Lipinski definition) is 3. The SMILES string of the molecule is CC(C)NC(=O)N(C)C[C@H]1Oc2ccc(NS(C)(=O)=O)cc2CC(=O)N([C@@H](C)CO)C[C@H]1C. The highest BCUT2D eigenvalue weighted by Gasteiger charge is 2.32. The van der Waals surface area contributed by atoms with Crippen molar-refractivity contribution in [2.75, 3.05) is 37.7 Å². The van der Waals surface area contributed by atoms with Crippen molar-refractivity contribution in [3.63, 3.8) is 0 Å². The molecule has 1 heterocycles. The van der Waals surface area contributed by atoms with Gasteiger partial charge in [0.2, 0.25) is 15.9 Å². The first-order chi connectivity index (χ1) is 15.3. The van der Waals surface area contributed by atoms with Gasteiger partial charge in [0, 0.05) is 36.8 Å². The maximum Gasteiger partial charge on any atom is 0.317 e. The second kappa shape index (κ2) is 11.1. The Morgan fingerprint density at radius 3 is 2.58 bits per heavy atom. The van der Waals surface area contributed by atoms with Gasteiger partial charge in [0.05, 0.1) is 31.9 Å². The number of benzene rings is 1.